The zero-order chi connectivity index (χ0) is 18.8. The topological polar surface area (TPSA) is 75.5 Å². The van der Waals surface area contributed by atoms with Crippen LogP contribution in [0.15, 0.2) is 42.5 Å². The number of nitro benzene ring substituents is 1. The Labute approximate surface area is 150 Å². The molecular formula is C19H20FN3O3. The van der Waals surface area contributed by atoms with Crippen LogP contribution in [0.5, 0.6) is 0 Å². The van der Waals surface area contributed by atoms with Crippen LogP contribution >= 0.6 is 0 Å². The summed E-state index contributed by atoms with van der Waals surface area (Å²) in [6.45, 7) is 3.72. The van der Waals surface area contributed by atoms with Gasteiger partial charge in [0, 0.05) is 30.3 Å². The number of rotatable bonds is 4. The molecule has 1 aliphatic rings. The molecule has 0 unspecified atom stereocenters. The Morgan fingerprint density at radius 1 is 1.31 bits per heavy atom. The second kappa shape index (κ2) is 7.11. The van der Waals surface area contributed by atoms with Crippen LogP contribution in [0.25, 0.3) is 0 Å². The Bertz CT molecular complexity index is 838. The predicted octanol–water partition coefficient (Wildman–Crippen LogP) is 4.42. The third-order valence-electron chi connectivity index (χ3n) is 4.64. The van der Waals surface area contributed by atoms with Gasteiger partial charge in [0.15, 0.2) is 0 Å². The molecule has 1 N–H and O–H groups in total. The molecule has 0 saturated carbocycles. The first-order chi connectivity index (χ1) is 12.4. The lowest BCUT2D eigenvalue weighted by atomic mass is 9.91. The van der Waals surface area contributed by atoms with E-state index in [1.165, 1.54) is 24.3 Å². The van der Waals surface area contributed by atoms with Gasteiger partial charge in [-0.2, -0.15) is 0 Å². The first-order valence-electron chi connectivity index (χ1n) is 8.53. The number of anilines is 2. The van der Waals surface area contributed by atoms with Gasteiger partial charge < -0.3 is 10.2 Å². The minimum atomic E-state index is -0.446. The van der Waals surface area contributed by atoms with Gasteiger partial charge in [0.25, 0.3) is 5.69 Å². The van der Waals surface area contributed by atoms with Gasteiger partial charge in [-0.1, -0.05) is 13.0 Å². The number of nitrogens with one attached hydrogen (secondary N) is 1. The van der Waals surface area contributed by atoms with Gasteiger partial charge in [-0.25, -0.2) is 4.39 Å². The van der Waals surface area contributed by atoms with Crippen LogP contribution in [0.2, 0.25) is 0 Å². The van der Waals surface area contributed by atoms with Crippen molar-refractivity contribution in [1.82, 2.24) is 0 Å². The van der Waals surface area contributed by atoms with Crippen LogP contribution in [0.4, 0.5) is 21.5 Å². The van der Waals surface area contributed by atoms with Crippen molar-refractivity contribution in [3.8, 4) is 0 Å². The van der Waals surface area contributed by atoms with Gasteiger partial charge in [0.1, 0.15) is 5.82 Å². The van der Waals surface area contributed by atoms with Crippen LogP contribution < -0.4 is 10.2 Å². The molecule has 2 aromatic carbocycles. The molecule has 136 valence electrons. The Morgan fingerprint density at radius 2 is 2.00 bits per heavy atom. The molecule has 0 aromatic heterocycles. The van der Waals surface area contributed by atoms with Crippen LogP contribution in [0.3, 0.4) is 0 Å². The number of carbonyl (C=O) groups excluding carboxylic acids is 1. The standard InChI is InChI=1S/C19H20FN3O3/c1-3-19(24)22-12(2)10-17(16-9-4-13(20)11-18(16)22)21-14-5-7-15(8-6-14)23(25)26/h4-9,11-12,17,21H,3,10H2,1-2H3/t12-,17+/m0/s1. The van der Waals surface area contributed by atoms with E-state index < -0.39 is 4.92 Å². The molecule has 0 bridgehead atoms. The second-order valence-corrected chi connectivity index (χ2v) is 6.41. The summed E-state index contributed by atoms with van der Waals surface area (Å²) in [5.41, 5.74) is 2.17. The molecule has 26 heavy (non-hydrogen) atoms. The fourth-order valence-electron chi connectivity index (χ4n) is 3.40. The van der Waals surface area contributed by atoms with Crippen LogP contribution in [-0.4, -0.2) is 16.9 Å². The number of hydrogen-bond donors (Lipinski definition) is 1. The van der Waals surface area contributed by atoms with Crippen molar-refractivity contribution in [2.75, 3.05) is 10.2 Å². The lowest BCUT2D eigenvalue weighted by molar-refractivity contribution is -0.384. The summed E-state index contributed by atoms with van der Waals surface area (Å²) >= 11 is 0. The Balaban J connectivity index is 1.93. The van der Waals surface area contributed by atoms with E-state index in [0.717, 1.165) is 11.3 Å². The van der Waals surface area contributed by atoms with Gasteiger partial charge in [-0.05, 0) is 43.2 Å². The number of benzene rings is 2. The maximum absolute atomic E-state index is 13.8. The largest absolute Gasteiger partial charge is 0.378 e. The molecule has 6 nitrogen and oxygen atoms in total. The molecule has 0 fully saturated rings. The summed E-state index contributed by atoms with van der Waals surface area (Å²) in [6, 6.07) is 10.4. The van der Waals surface area contributed by atoms with E-state index in [1.54, 1.807) is 30.0 Å². The average molecular weight is 357 g/mol. The first-order valence-corrected chi connectivity index (χ1v) is 8.53. The Morgan fingerprint density at radius 3 is 2.62 bits per heavy atom. The quantitative estimate of drug-likeness (QED) is 0.649. The maximum atomic E-state index is 13.8. The zero-order valence-corrected chi connectivity index (χ0v) is 14.6. The minimum Gasteiger partial charge on any atom is -0.378 e. The molecule has 7 heteroatoms. The molecule has 1 heterocycles. The number of amides is 1. The first kappa shape index (κ1) is 17.8. The zero-order valence-electron chi connectivity index (χ0n) is 14.6. The lowest BCUT2D eigenvalue weighted by Crippen LogP contribution is -2.44. The average Bonchev–Trinajstić information content (AvgIpc) is 2.61. The monoisotopic (exact) mass is 357 g/mol. The Hall–Kier alpha value is -2.96. The van der Waals surface area contributed by atoms with Crippen molar-refractivity contribution in [3.63, 3.8) is 0 Å². The van der Waals surface area contributed by atoms with E-state index in [-0.39, 0.29) is 29.5 Å². The van der Waals surface area contributed by atoms with Gasteiger partial charge in [0.2, 0.25) is 5.91 Å². The van der Waals surface area contributed by atoms with E-state index in [1.807, 2.05) is 6.92 Å². The third-order valence-corrected chi connectivity index (χ3v) is 4.64. The van der Waals surface area contributed by atoms with Crippen molar-refractivity contribution < 1.29 is 14.1 Å². The van der Waals surface area contributed by atoms with Gasteiger partial charge in [-0.15, -0.1) is 0 Å². The minimum absolute atomic E-state index is 0.0229. The maximum Gasteiger partial charge on any atom is 0.269 e. The van der Waals surface area contributed by atoms with Crippen molar-refractivity contribution in [2.45, 2.75) is 38.8 Å². The highest BCUT2D eigenvalue weighted by molar-refractivity contribution is 5.95. The highest BCUT2D eigenvalue weighted by atomic mass is 19.1. The number of nitrogens with zero attached hydrogens (tertiary/aromatic N) is 2. The molecule has 2 aromatic rings. The SMILES string of the molecule is CCC(=O)N1c2cc(F)ccc2[C@H](Nc2ccc([N+](=O)[O-])cc2)C[C@@H]1C. The Kier molecular flexibility index (Phi) is 4.88. The summed E-state index contributed by atoms with van der Waals surface area (Å²) < 4.78 is 13.8. The highest BCUT2D eigenvalue weighted by Gasteiger charge is 2.33. The van der Waals surface area contributed by atoms with Crippen molar-refractivity contribution >= 4 is 23.0 Å². The van der Waals surface area contributed by atoms with E-state index in [0.29, 0.717) is 18.5 Å². The molecule has 0 radical (unpaired) electrons. The van der Waals surface area contributed by atoms with Crippen molar-refractivity contribution in [2.24, 2.45) is 0 Å². The second-order valence-electron chi connectivity index (χ2n) is 6.41. The molecule has 2 atom stereocenters. The van der Waals surface area contributed by atoms with E-state index in [2.05, 4.69) is 5.32 Å². The molecule has 3 rings (SSSR count). The summed E-state index contributed by atoms with van der Waals surface area (Å²) in [5, 5.41) is 14.1. The van der Waals surface area contributed by atoms with Gasteiger partial charge in [-0.3, -0.25) is 14.9 Å². The van der Waals surface area contributed by atoms with E-state index in [9.17, 15) is 19.3 Å². The van der Waals surface area contributed by atoms with Gasteiger partial charge in [0.05, 0.1) is 16.7 Å². The number of nitro groups is 1. The number of fused-ring (bicyclic) bond motifs is 1. The third kappa shape index (κ3) is 3.37. The fourth-order valence-corrected chi connectivity index (χ4v) is 3.40. The normalized spacial score (nSPS) is 19.0. The summed E-state index contributed by atoms with van der Waals surface area (Å²) in [5.74, 6) is -0.432. The summed E-state index contributed by atoms with van der Waals surface area (Å²) in [6.07, 6.45) is 1.00. The molecule has 1 aliphatic heterocycles. The van der Waals surface area contributed by atoms with Gasteiger partial charge >= 0.3 is 0 Å². The molecule has 1 amide bonds. The van der Waals surface area contributed by atoms with Crippen molar-refractivity contribution in [1.29, 1.82) is 0 Å². The fraction of sp³-hybridized carbons (Fsp3) is 0.316. The molecule has 0 saturated heterocycles. The number of halogens is 1. The van der Waals surface area contributed by atoms with Crippen LogP contribution in [-0.2, 0) is 4.79 Å². The van der Waals surface area contributed by atoms with E-state index in [4.69, 9.17) is 0 Å². The smallest absolute Gasteiger partial charge is 0.269 e. The van der Waals surface area contributed by atoms with Crippen molar-refractivity contribution in [3.05, 3.63) is 64.0 Å². The number of hydrogen-bond acceptors (Lipinski definition) is 4. The predicted molar refractivity (Wildman–Crippen MR) is 97.7 cm³/mol. The van der Waals surface area contributed by atoms with E-state index >= 15 is 0 Å². The molecule has 0 spiro atoms. The summed E-state index contributed by atoms with van der Waals surface area (Å²) in [7, 11) is 0. The lowest BCUT2D eigenvalue weighted by Gasteiger charge is -2.40. The molecular weight excluding hydrogens is 337 g/mol. The van der Waals surface area contributed by atoms with Crippen LogP contribution in [0, 0.1) is 15.9 Å². The van der Waals surface area contributed by atoms with Crippen LogP contribution in [0.1, 0.15) is 38.3 Å². The molecule has 0 aliphatic carbocycles. The number of non-ortho nitro benzene ring substituents is 1. The number of carbonyl (C=O) groups is 1. The summed E-state index contributed by atoms with van der Waals surface area (Å²) in [4.78, 5) is 24.3. The highest BCUT2D eigenvalue weighted by Crippen LogP contribution is 2.39.